The lowest BCUT2D eigenvalue weighted by Gasteiger charge is -2.17. The smallest absolute Gasteiger partial charge is 0.285 e. The molecule has 0 spiro atoms. The SMILES string of the molecule is CCOc1cccc([N+](=O)[O-])c1C(=O)N1CC(O)C(O)C1. The third-order valence-corrected chi connectivity index (χ3v) is 3.26. The van der Waals surface area contributed by atoms with Crippen molar-refractivity contribution in [2.45, 2.75) is 19.1 Å². The van der Waals surface area contributed by atoms with Gasteiger partial charge in [-0.25, -0.2) is 0 Å². The molecule has 2 rings (SSSR count). The average molecular weight is 296 g/mol. The third kappa shape index (κ3) is 2.96. The number of hydrogen-bond donors (Lipinski definition) is 2. The summed E-state index contributed by atoms with van der Waals surface area (Å²) in [6, 6.07) is 4.14. The molecule has 8 heteroatoms. The highest BCUT2D eigenvalue weighted by molar-refractivity contribution is 6.01. The maximum Gasteiger partial charge on any atom is 0.285 e. The van der Waals surface area contributed by atoms with Gasteiger partial charge in [-0.05, 0) is 13.0 Å². The predicted molar refractivity (Wildman–Crippen MR) is 72.2 cm³/mol. The molecule has 0 saturated carbocycles. The van der Waals surface area contributed by atoms with Crippen LogP contribution in [0.5, 0.6) is 5.75 Å². The molecule has 8 nitrogen and oxygen atoms in total. The summed E-state index contributed by atoms with van der Waals surface area (Å²) in [6.45, 7) is 1.82. The Morgan fingerprint density at radius 3 is 2.57 bits per heavy atom. The second-order valence-electron chi connectivity index (χ2n) is 4.69. The van der Waals surface area contributed by atoms with Crippen LogP contribution in [0, 0.1) is 10.1 Å². The van der Waals surface area contributed by atoms with Crippen LogP contribution in [0.15, 0.2) is 18.2 Å². The Hall–Kier alpha value is -2.19. The Bertz CT molecular complexity index is 552. The van der Waals surface area contributed by atoms with Gasteiger partial charge >= 0.3 is 0 Å². The minimum absolute atomic E-state index is 0.0718. The number of benzene rings is 1. The molecule has 1 heterocycles. The molecule has 1 fully saturated rings. The molecular weight excluding hydrogens is 280 g/mol. The van der Waals surface area contributed by atoms with Crippen LogP contribution in [0.2, 0.25) is 0 Å². The quantitative estimate of drug-likeness (QED) is 0.605. The molecule has 114 valence electrons. The summed E-state index contributed by atoms with van der Waals surface area (Å²) in [5.41, 5.74) is -0.521. The van der Waals surface area contributed by atoms with Gasteiger partial charge in [0.1, 0.15) is 5.75 Å². The summed E-state index contributed by atoms with van der Waals surface area (Å²) in [4.78, 5) is 24.1. The van der Waals surface area contributed by atoms with Crippen molar-refractivity contribution in [1.82, 2.24) is 4.90 Å². The van der Waals surface area contributed by atoms with Crippen molar-refractivity contribution in [2.75, 3.05) is 19.7 Å². The molecule has 0 radical (unpaired) electrons. The van der Waals surface area contributed by atoms with E-state index in [2.05, 4.69) is 0 Å². The summed E-state index contributed by atoms with van der Waals surface area (Å²) in [5, 5.41) is 30.1. The maximum absolute atomic E-state index is 12.5. The van der Waals surface area contributed by atoms with Crippen molar-refractivity contribution in [3.8, 4) is 5.75 Å². The van der Waals surface area contributed by atoms with E-state index in [0.717, 1.165) is 0 Å². The van der Waals surface area contributed by atoms with Crippen LogP contribution in [0.1, 0.15) is 17.3 Å². The third-order valence-electron chi connectivity index (χ3n) is 3.26. The second-order valence-corrected chi connectivity index (χ2v) is 4.69. The van der Waals surface area contributed by atoms with Crippen molar-refractivity contribution in [1.29, 1.82) is 0 Å². The molecule has 0 aromatic heterocycles. The van der Waals surface area contributed by atoms with Crippen molar-refractivity contribution >= 4 is 11.6 Å². The number of nitro benzene ring substituents is 1. The van der Waals surface area contributed by atoms with Crippen LogP contribution >= 0.6 is 0 Å². The van der Waals surface area contributed by atoms with Crippen LogP contribution in [0.4, 0.5) is 5.69 Å². The van der Waals surface area contributed by atoms with Gasteiger partial charge in [-0.1, -0.05) is 6.07 Å². The van der Waals surface area contributed by atoms with E-state index in [1.165, 1.54) is 23.1 Å². The number of hydrogen-bond acceptors (Lipinski definition) is 6. The molecule has 1 aromatic rings. The number of amides is 1. The van der Waals surface area contributed by atoms with Gasteiger partial charge in [0.25, 0.3) is 11.6 Å². The molecule has 0 aliphatic carbocycles. The maximum atomic E-state index is 12.5. The number of nitrogens with zero attached hydrogens (tertiary/aromatic N) is 2. The molecule has 1 aliphatic heterocycles. The van der Waals surface area contributed by atoms with Crippen LogP contribution in [-0.4, -0.2) is 57.8 Å². The first-order valence-electron chi connectivity index (χ1n) is 6.51. The number of aliphatic hydroxyl groups is 2. The van der Waals surface area contributed by atoms with Gasteiger partial charge in [0.05, 0.1) is 23.7 Å². The zero-order valence-electron chi connectivity index (χ0n) is 11.4. The lowest BCUT2D eigenvalue weighted by atomic mass is 10.1. The Kier molecular flexibility index (Phi) is 4.39. The molecule has 2 unspecified atom stereocenters. The molecular formula is C13H16N2O6. The summed E-state index contributed by atoms with van der Waals surface area (Å²) in [7, 11) is 0. The lowest BCUT2D eigenvalue weighted by Crippen LogP contribution is -2.30. The molecule has 1 aromatic carbocycles. The van der Waals surface area contributed by atoms with Gasteiger partial charge in [0, 0.05) is 19.2 Å². The number of carbonyl (C=O) groups is 1. The van der Waals surface area contributed by atoms with E-state index >= 15 is 0 Å². The molecule has 1 amide bonds. The summed E-state index contributed by atoms with van der Waals surface area (Å²) < 4.78 is 5.29. The fraction of sp³-hybridized carbons (Fsp3) is 0.462. The predicted octanol–water partition coefficient (Wildman–Crippen LogP) is 0.171. The number of ether oxygens (including phenoxy) is 1. The van der Waals surface area contributed by atoms with Crippen LogP contribution in [0.25, 0.3) is 0 Å². The number of β-amino-alcohol motifs (C(OH)–C–C–N with tert-alkyl or cyclic N) is 2. The Balaban J connectivity index is 2.41. The van der Waals surface area contributed by atoms with E-state index in [0.29, 0.717) is 0 Å². The fourth-order valence-corrected chi connectivity index (χ4v) is 2.26. The highest BCUT2D eigenvalue weighted by Gasteiger charge is 2.36. The molecule has 2 atom stereocenters. The van der Waals surface area contributed by atoms with E-state index < -0.39 is 23.0 Å². The zero-order valence-corrected chi connectivity index (χ0v) is 11.4. The van der Waals surface area contributed by atoms with Crippen LogP contribution in [0.3, 0.4) is 0 Å². The molecule has 21 heavy (non-hydrogen) atoms. The second kappa shape index (κ2) is 6.06. The first kappa shape index (κ1) is 15.2. The van der Waals surface area contributed by atoms with Gasteiger partial charge in [-0.3, -0.25) is 14.9 Å². The lowest BCUT2D eigenvalue weighted by molar-refractivity contribution is -0.385. The molecule has 1 aliphatic rings. The van der Waals surface area contributed by atoms with Crippen LogP contribution < -0.4 is 4.74 Å². The van der Waals surface area contributed by atoms with Gasteiger partial charge in [0.15, 0.2) is 5.56 Å². The fourth-order valence-electron chi connectivity index (χ4n) is 2.26. The molecule has 0 bridgehead atoms. The number of nitro groups is 1. The van der Waals surface area contributed by atoms with Crippen molar-refractivity contribution < 1.29 is 24.7 Å². The number of rotatable bonds is 4. The standard InChI is InChI=1S/C13H16N2O6/c1-2-21-11-5-3-4-8(15(19)20)12(11)13(18)14-6-9(16)10(17)7-14/h3-5,9-10,16-17H,2,6-7H2,1H3. The topological polar surface area (TPSA) is 113 Å². The van der Waals surface area contributed by atoms with Crippen LogP contribution in [-0.2, 0) is 0 Å². The average Bonchev–Trinajstić information content (AvgIpc) is 2.78. The Morgan fingerprint density at radius 1 is 1.43 bits per heavy atom. The molecule has 2 N–H and O–H groups in total. The number of aliphatic hydroxyl groups excluding tert-OH is 2. The Morgan fingerprint density at radius 2 is 2.05 bits per heavy atom. The van der Waals surface area contributed by atoms with E-state index in [1.807, 2.05) is 0 Å². The van der Waals surface area contributed by atoms with E-state index in [1.54, 1.807) is 6.92 Å². The van der Waals surface area contributed by atoms with Crippen molar-refractivity contribution in [2.24, 2.45) is 0 Å². The van der Waals surface area contributed by atoms with Crippen molar-refractivity contribution in [3.63, 3.8) is 0 Å². The first-order chi connectivity index (χ1) is 9.95. The highest BCUT2D eigenvalue weighted by Crippen LogP contribution is 2.30. The van der Waals surface area contributed by atoms with E-state index in [-0.39, 0.29) is 36.7 Å². The number of likely N-dealkylation sites (tertiary alicyclic amines) is 1. The highest BCUT2D eigenvalue weighted by atomic mass is 16.6. The largest absolute Gasteiger partial charge is 0.493 e. The summed E-state index contributed by atoms with van der Waals surface area (Å²) in [6.07, 6.45) is -2.10. The van der Waals surface area contributed by atoms with E-state index in [4.69, 9.17) is 4.74 Å². The minimum atomic E-state index is -1.05. The minimum Gasteiger partial charge on any atom is -0.493 e. The first-order valence-corrected chi connectivity index (χ1v) is 6.51. The molecule has 1 saturated heterocycles. The van der Waals surface area contributed by atoms with Gasteiger partial charge in [0.2, 0.25) is 0 Å². The van der Waals surface area contributed by atoms with E-state index in [9.17, 15) is 25.1 Å². The zero-order chi connectivity index (χ0) is 15.6. The number of carbonyl (C=O) groups excluding carboxylic acids is 1. The normalized spacial score (nSPS) is 21.4. The van der Waals surface area contributed by atoms with Gasteiger partial charge in [-0.2, -0.15) is 0 Å². The van der Waals surface area contributed by atoms with Gasteiger partial charge in [-0.15, -0.1) is 0 Å². The monoisotopic (exact) mass is 296 g/mol. The van der Waals surface area contributed by atoms with Crippen molar-refractivity contribution in [3.05, 3.63) is 33.9 Å². The van der Waals surface area contributed by atoms with Gasteiger partial charge < -0.3 is 19.8 Å². The summed E-state index contributed by atoms with van der Waals surface area (Å²) >= 11 is 0. The summed E-state index contributed by atoms with van der Waals surface area (Å²) in [5.74, 6) is -0.520. The Labute approximate surface area is 120 Å².